The minimum Gasteiger partial charge on any atom is -0.262 e. The molecule has 1 aliphatic heterocycles. The van der Waals surface area contributed by atoms with Crippen molar-refractivity contribution in [3.05, 3.63) is 65.7 Å². The van der Waals surface area contributed by atoms with Gasteiger partial charge in [0, 0.05) is 12.5 Å². The van der Waals surface area contributed by atoms with Gasteiger partial charge in [0.05, 0.1) is 5.69 Å². The molecule has 2 aromatic carbocycles. The Balaban J connectivity index is 2.08. The number of hydrogen-bond donors (Lipinski definition) is 0. The average Bonchev–Trinajstić information content (AvgIpc) is 2.75. The Morgan fingerprint density at radius 1 is 0.958 bits per heavy atom. The molecule has 0 saturated carbocycles. The maximum atomic E-state index is 13.1. The number of anilines is 1. The molecule has 0 fully saturated rings. The molecular formula is C17H16F3NO2S. The Morgan fingerprint density at radius 3 is 2.25 bits per heavy atom. The minimum absolute atomic E-state index is 0.119. The maximum Gasteiger partial charge on any atom is 0.516 e. The summed E-state index contributed by atoms with van der Waals surface area (Å²) in [5.41, 5.74) is -3.75. The fourth-order valence-corrected chi connectivity index (χ4v) is 4.10. The third kappa shape index (κ3) is 3.00. The topological polar surface area (TPSA) is 37.4 Å². The van der Waals surface area contributed by atoms with Crippen molar-refractivity contribution in [3.63, 3.8) is 0 Å². The van der Waals surface area contributed by atoms with Gasteiger partial charge in [-0.2, -0.15) is 21.6 Å². The van der Waals surface area contributed by atoms with E-state index in [-0.39, 0.29) is 18.2 Å². The van der Waals surface area contributed by atoms with Crippen LogP contribution in [0.5, 0.6) is 0 Å². The summed E-state index contributed by atoms with van der Waals surface area (Å²) >= 11 is 0. The van der Waals surface area contributed by atoms with Crippen LogP contribution in [-0.2, 0) is 16.4 Å². The van der Waals surface area contributed by atoms with Gasteiger partial charge in [-0.15, -0.1) is 0 Å². The van der Waals surface area contributed by atoms with Crippen LogP contribution < -0.4 is 4.31 Å². The van der Waals surface area contributed by atoms with Crippen LogP contribution in [0, 0.1) is 0 Å². The standard InChI is InChI=1S/C17H16F3NO2S/c18-17(19,20)24(22,23)21-12-15(13-6-2-1-3-7-13)11-10-14-8-4-5-9-16(14)21/h1-9,15H,10-12H2/t15-/m1/s1. The van der Waals surface area contributed by atoms with Gasteiger partial charge in [-0.05, 0) is 30.0 Å². The summed E-state index contributed by atoms with van der Waals surface area (Å²) in [7, 11) is -5.44. The summed E-state index contributed by atoms with van der Waals surface area (Å²) in [5.74, 6) is -0.296. The molecule has 0 aromatic heterocycles. The quantitative estimate of drug-likeness (QED) is 0.814. The van der Waals surface area contributed by atoms with Crippen molar-refractivity contribution in [1.29, 1.82) is 0 Å². The lowest BCUT2D eigenvalue weighted by molar-refractivity contribution is -0.0438. The minimum atomic E-state index is -5.44. The van der Waals surface area contributed by atoms with Crippen molar-refractivity contribution in [2.24, 2.45) is 0 Å². The number of rotatable bonds is 2. The molecule has 7 heteroatoms. The monoisotopic (exact) mass is 355 g/mol. The van der Waals surface area contributed by atoms with Crippen molar-refractivity contribution >= 4 is 15.7 Å². The highest BCUT2D eigenvalue weighted by atomic mass is 32.2. The van der Waals surface area contributed by atoms with E-state index in [0.29, 0.717) is 22.7 Å². The molecule has 0 amide bonds. The van der Waals surface area contributed by atoms with Gasteiger partial charge in [0.1, 0.15) is 0 Å². The van der Waals surface area contributed by atoms with Crippen LogP contribution in [0.3, 0.4) is 0 Å². The predicted octanol–water partition coefficient (Wildman–Crippen LogP) is 4.07. The van der Waals surface area contributed by atoms with Crippen molar-refractivity contribution in [2.45, 2.75) is 24.3 Å². The highest BCUT2D eigenvalue weighted by Crippen LogP contribution is 2.38. The van der Waals surface area contributed by atoms with Gasteiger partial charge in [-0.3, -0.25) is 4.31 Å². The molecule has 0 radical (unpaired) electrons. The Labute approximate surface area is 138 Å². The molecule has 0 aliphatic carbocycles. The number of halogens is 3. The largest absolute Gasteiger partial charge is 0.516 e. The predicted molar refractivity (Wildman–Crippen MR) is 86.3 cm³/mol. The first-order valence-corrected chi connectivity index (χ1v) is 8.96. The van der Waals surface area contributed by atoms with Crippen molar-refractivity contribution < 1.29 is 21.6 Å². The maximum absolute atomic E-state index is 13.1. The van der Waals surface area contributed by atoms with E-state index in [1.54, 1.807) is 30.3 Å². The highest BCUT2D eigenvalue weighted by molar-refractivity contribution is 7.93. The van der Waals surface area contributed by atoms with Crippen molar-refractivity contribution in [2.75, 3.05) is 10.8 Å². The average molecular weight is 355 g/mol. The van der Waals surface area contributed by atoms with Crippen LogP contribution >= 0.6 is 0 Å². The van der Waals surface area contributed by atoms with E-state index < -0.39 is 15.5 Å². The fourth-order valence-electron chi connectivity index (χ4n) is 3.03. The zero-order valence-corrected chi connectivity index (χ0v) is 13.5. The summed E-state index contributed by atoms with van der Waals surface area (Å²) < 4.78 is 64.2. The molecule has 3 rings (SSSR count). The lowest BCUT2D eigenvalue weighted by Gasteiger charge is -2.28. The Kier molecular flexibility index (Phi) is 4.29. The normalized spacial score (nSPS) is 18.8. The van der Waals surface area contributed by atoms with Gasteiger partial charge in [0.2, 0.25) is 0 Å². The van der Waals surface area contributed by atoms with Crippen LogP contribution in [0.15, 0.2) is 54.6 Å². The third-order valence-electron chi connectivity index (χ3n) is 4.26. The second-order valence-electron chi connectivity index (χ2n) is 5.76. The SMILES string of the molecule is O=S(=O)(N1C[C@H](c2ccccc2)CCc2ccccc21)C(F)(F)F. The van der Waals surface area contributed by atoms with Gasteiger partial charge in [0.15, 0.2) is 0 Å². The zero-order valence-electron chi connectivity index (χ0n) is 12.7. The number of hydrogen-bond acceptors (Lipinski definition) is 2. The summed E-state index contributed by atoms with van der Waals surface area (Å²) in [6, 6.07) is 15.4. The van der Waals surface area contributed by atoms with Crippen LogP contribution in [0.4, 0.5) is 18.9 Å². The van der Waals surface area contributed by atoms with E-state index >= 15 is 0 Å². The van der Waals surface area contributed by atoms with Crippen LogP contribution in [0.25, 0.3) is 0 Å². The number of sulfonamides is 1. The molecule has 0 spiro atoms. The van der Waals surface area contributed by atoms with E-state index in [4.69, 9.17) is 0 Å². The first-order valence-electron chi connectivity index (χ1n) is 7.52. The van der Waals surface area contributed by atoms with Crippen LogP contribution in [-0.4, -0.2) is 20.5 Å². The molecule has 24 heavy (non-hydrogen) atoms. The van der Waals surface area contributed by atoms with Gasteiger partial charge >= 0.3 is 15.5 Å². The van der Waals surface area contributed by atoms with Crippen LogP contribution in [0.2, 0.25) is 0 Å². The van der Waals surface area contributed by atoms with E-state index in [0.717, 1.165) is 5.56 Å². The second kappa shape index (κ2) is 6.12. The number of para-hydroxylation sites is 1. The third-order valence-corrected chi connectivity index (χ3v) is 5.77. The first-order chi connectivity index (χ1) is 11.3. The van der Waals surface area contributed by atoms with Gasteiger partial charge in [0.25, 0.3) is 0 Å². The van der Waals surface area contributed by atoms with E-state index in [2.05, 4.69) is 0 Å². The van der Waals surface area contributed by atoms with Crippen molar-refractivity contribution in [3.8, 4) is 0 Å². The molecule has 1 heterocycles. The Morgan fingerprint density at radius 2 is 1.58 bits per heavy atom. The number of alkyl halides is 3. The summed E-state index contributed by atoms with van der Waals surface area (Å²) in [5, 5.41) is 0. The molecule has 0 N–H and O–H groups in total. The summed E-state index contributed by atoms with van der Waals surface area (Å²) in [6.45, 7) is -0.219. The molecule has 0 bridgehead atoms. The van der Waals surface area contributed by atoms with Gasteiger partial charge < -0.3 is 0 Å². The number of benzene rings is 2. The number of aryl methyl sites for hydroxylation is 1. The second-order valence-corrected chi connectivity index (χ2v) is 7.61. The molecule has 1 aliphatic rings. The molecule has 0 unspecified atom stereocenters. The van der Waals surface area contributed by atoms with Gasteiger partial charge in [-0.25, -0.2) is 0 Å². The van der Waals surface area contributed by atoms with E-state index in [1.165, 1.54) is 6.07 Å². The van der Waals surface area contributed by atoms with E-state index in [1.807, 2.05) is 18.2 Å². The first kappa shape index (κ1) is 16.8. The lowest BCUT2D eigenvalue weighted by atomic mass is 9.94. The zero-order chi connectivity index (χ0) is 17.4. The van der Waals surface area contributed by atoms with Crippen LogP contribution in [0.1, 0.15) is 23.5 Å². The fraction of sp³-hybridized carbons (Fsp3) is 0.294. The molecule has 128 valence electrons. The molecule has 3 nitrogen and oxygen atoms in total. The molecular weight excluding hydrogens is 339 g/mol. The molecule has 1 atom stereocenters. The number of nitrogens with zero attached hydrogens (tertiary/aromatic N) is 1. The Bertz CT molecular complexity index is 819. The molecule has 0 saturated heterocycles. The van der Waals surface area contributed by atoms with Gasteiger partial charge in [-0.1, -0.05) is 48.5 Å². The summed E-state index contributed by atoms with van der Waals surface area (Å²) in [6.07, 6.45) is 1.12. The molecule has 2 aromatic rings. The highest BCUT2D eigenvalue weighted by Gasteiger charge is 2.51. The lowest BCUT2D eigenvalue weighted by Crippen LogP contribution is -2.42. The van der Waals surface area contributed by atoms with Crippen molar-refractivity contribution in [1.82, 2.24) is 0 Å². The summed E-state index contributed by atoms with van der Waals surface area (Å²) in [4.78, 5) is 0. The number of fused-ring (bicyclic) bond motifs is 1. The Hall–Kier alpha value is -2.02. The smallest absolute Gasteiger partial charge is 0.262 e. The van der Waals surface area contributed by atoms with E-state index in [9.17, 15) is 21.6 Å².